The van der Waals surface area contributed by atoms with Gasteiger partial charge in [0.15, 0.2) is 5.78 Å². The van der Waals surface area contributed by atoms with E-state index in [1.165, 1.54) is 12.1 Å². The van der Waals surface area contributed by atoms with Crippen LogP contribution in [0, 0.1) is 19.7 Å². The second kappa shape index (κ2) is 6.48. The summed E-state index contributed by atoms with van der Waals surface area (Å²) in [5.41, 5.74) is 2.24. The van der Waals surface area contributed by atoms with Crippen LogP contribution in [0.3, 0.4) is 0 Å². The van der Waals surface area contributed by atoms with Gasteiger partial charge in [-0.25, -0.2) is 4.39 Å². The predicted octanol–water partition coefficient (Wildman–Crippen LogP) is 4.08. The number of nitrogens with zero attached hydrogens (tertiary/aromatic N) is 1. The topological polar surface area (TPSA) is 46.6 Å². The largest absolute Gasteiger partial charge is 0.486 e. The van der Waals surface area contributed by atoms with Gasteiger partial charge < -0.3 is 9.64 Å². The number of carbonyl (C=O) groups excluding carboxylic acids is 2. The summed E-state index contributed by atoms with van der Waals surface area (Å²) in [4.78, 5) is 27.0. The molecule has 0 unspecified atom stereocenters. The van der Waals surface area contributed by atoms with Gasteiger partial charge in [-0.3, -0.25) is 9.59 Å². The maximum Gasteiger partial charge on any atom is 0.256 e. The summed E-state index contributed by atoms with van der Waals surface area (Å²) in [5.74, 6) is -0.0437. The second-order valence-corrected chi connectivity index (χ2v) is 7.54. The number of hydrogen-bond acceptors (Lipinski definition) is 3. The number of ether oxygens (including phenoxy) is 1. The lowest BCUT2D eigenvalue weighted by Gasteiger charge is -2.44. The van der Waals surface area contributed by atoms with Gasteiger partial charge in [0.2, 0.25) is 0 Å². The fourth-order valence-corrected chi connectivity index (χ4v) is 3.98. The van der Waals surface area contributed by atoms with Crippen LogP contribution in [0.2, 0.25) is 0 Å². The first kappa shape index (κ1) is 17.7. The number of rotatable bonds is 1. The number of halogens is 1. The number of aryl methyl sites for hydroxylation is 1. The van der Waals surface area contributed by atoms with E-state index in [0.29, 0.717) is 43.7 Å². The number of benzene rings is 2. The zero-order valence-corrected chi connectivity index (χ0v) is 15.5. The summed E-state index contributed by atoms with van der Waals surface area (Å²) in [6.07, 6.45) is 1.45. The Hall–Kier alpha value is -2.69. The lowest BCUT2D eigenvalue weighted by Crippen LogP contribution is -2.52. The van der Waals surface area contributed by atoms with Crippen molar-refractivity contribution in [1.29, 1.82) is 0 Å². The van der Waals surface area contributed by atoms with E-state index in [1.807, 2.05) is 26.0 Å². The first-order chi connectivity index (χ1) is 12.9. The molecule has 0 N–H and O–H groups in total. The Morgan fingerprint density at radius 2 is 1.81 bits per heavy atom. The molecular formula is C22H22FNO3. The number of piperidine rings is 1. The SMILES string of the molecule is Cc1ccc2c(c1C)OC1(CCN(C(=O)c3ccccc3F)CC1)CC2=O. The van der Waals surface area contributed by atoms with Gasteiger partial charge in [0.25, 0.3) is 5.91 Å². The number of ketones is 1. The molecule has 0 aliphatic carbocycles. The molecule has 2 aromatic rings. The molecule has 0 saturated carbocycles. The lowest BCUT2D eigenvalue weighted by atomic mass is 9.81. The van der Waals surface area contributed by atoms with E-state index in [2.05, 4.69) is 0 Å². The molecule has 0 radical (unpaired) electrons. The van der Waals surface area contributed by atoms with Crippen LogP contribution >= 0.6 is 0 Å². The van der Waals surface area contributed by atoms with Gasteiger partial charge in [0, 0.05) is 25.9 Å². The number of fused-ring (bicyclic) bond motifs is 1. The molecule has 4 nitrogen and oxygen atoms in total. The van der Waals surface area contributed by atoms with Crippen LogP contribution in [0.4, 0.5) is 4.39 Å². The van der Waals surface area contributed by atoms with E-state index in [0.717, 1.165) is 11.1 Å². The Labute approximate surface area is 157 Å². The van der Waals surface area contributed by atoms with Crippen molar-refractivity contribution in [1.82, 2.24) is 4.90 Å². The molecule has 1 saturated heterocycles. The van der Waals surface area contributed by atoms with Gasteiger partial charge >= 0.3 is 0 Å². The maximum atomic E-state index is 13.9. The maximum absolute atomic E-state index is 13.9. The van der Waals surface area contributed by atoms with Gasteiger partial charge in [-0.15, -0.1) is 0 Å². The molecule has 2 heterocycles. The highest BCUT2D eigenvalue weighted by molar-refractivity contribution is 6.01. The number of likely N-dealkylation sites (tertiary alicyclic amines) is 1. The number of Topliss-reactive ketones (excluding diaryl/α,β-unsaturated/α-hetero) is 1. The molecule has 1 amide bonds. The zero-order valence-electron chi connectivity index (χ0n) is 15.5. The van der Waals surface area contributed by atoms with Gasteiger partial charge in [0.1, 0.15) is 17.2 Å². The molecule has 2 aliphatic heterocycles. The van der Waals surface area contributed by atoms with E-state index < -0.39 is 11.4 Å². The van der Waals surface area contributed by atoms with E-state index >= 15 is 0 Å². The lowest BCUT2D eigenvalue weighted by molar-refractivity contribution is -0.00628. The Morgan fingerprint density at radius 3 is 2.52 bits per heavy atom. The minimum absolute atomic E-state index is 0.0888. The van der Waals surface area contributed by atoms with E-state index in [4.69, 9.17) is 4.74 Å². The van der Waals surface area contributed by atoms with Crippen molar-refractivity contribution in [3.05, 3.63) is 64.5 Å². The minimum atomic E-state index is -0.575. The van der Waals surface area contributed by atoms with Crippen LogP contribution < -0.4 is 4.74 Å². The molecule has 5 heteroatoms. The normalized spacial score (nSPS) is 18.2. The first-order valence-electron chi connectivity index (χ1n) is 9.26. The van der Waals surface area contributed by atoms with Gasteiger partial charge in [-0.2, -0.15) is 0 Å². The van der Waals surface area contributed by atoms with Crippen molar-refractivity contribution in [2.45, 2.75) is 38.7 Å². The van der Waals surface area contributed by atoms with E-state index in [1.54, 1.807) is 17.0 Å². The second-order valence-electron chi connectivity index (χ2n) is 7.54. The molecule has 2 aromatic carbocycles. The van der Waals surface area contributed by atoms with E-state index in [-0.39, 0.29) is 17.3 Å². The molecule has 1 fully saturated rings. The molecule has 0 atom stereocenters. The van der Waals surface area contributed by atoms with Gasteiger partial charge in [-0.05, 0) is 43.2 Å². The quantitative estimate of drug-likeness (QED) is 0.763. The smallest absolute Gasteiger partial charge is 0.256 e. The molecule has 1 spiro atoms. The van der Waals surface area contributed by atoms with Crippen LogP contribution in [0.5, 0.6) is 5.75 Å². The Kier molecular flexibility index (Phi) is 4.25. The summed E-state index contributed by atoms with van der Waals surface area (Å²) >= 11 is 0. The zero-order chi connectivity index (χ0) is 19.2. The van der Waals surface area contributed by atoms with Crippen molar-refractivity contribution < 1.29 is 18.7 Å². The summed E-state index contributed by atoms with van der Waals surface area (Å²) in [5, 5.41) is 0. The van der Waals surface area contributed by atoms with Crippen molar-refractivity contribution in [2.24, 2.45) is 0 Å². The fourth-order valence-electron chi connectivity index (χ4n) is 3.98. The van der Waals surface area contributed by atoms with E-state index in [9.17, 15) is 14.0 Å². The highest BCUT2D eigenvalue weighted by Crippen LogP contribution is 2.41. The average molecular weight is 367 g/mol. The van der Waals surface area contributed by atoms with Crippen molar-refractivity contribution in [3.8, 4) is 5.75 Å². The monoisotopic (exact) mass is 367 g/mol. The van der Waals surface area contributed by atoms with Crippen molar-refractivity contribution >= 4 is 11.7 Å². The third kappa shape index (κ3) is 3.01. The predicted molar refractivity (Wildman–Crippen MR) is 99.8 cm³/mol. The summed E-state index contributed by atoms with van der Waals surface area (Å²) in [6.45, 7) is 4.86. The van der Waals surface area contributed by atoms with Crippen LogP contribution in [-0.4, -0.2) is 35.3 Å². The standard InChI is InChI=1S/C22H22FNO3/c1-14-7-8-17-19(25)13-22(27-20(17)15(14)2)9-11-24(12-10-22)21(26)16-5-3-4-6-18(16)23/h3-8H,9-13H2,1-2H3. The Bertz CT molecular complexity index is 929. The Balaban J connectivity index is 1.54. The summed E-state index contributed by atoms with van der Waals surface area (Å²) in [6, 6.07) is 9.81. The number of carbonyl (C=O) groups is 2. The van der Waals surface area contributed by atoms with Crippen molar-refractivity contribution in [2.75, 3.05) is 13.1 Å². The molecule has 0 aromatic heterocycles. The highest BCUT2D eigenvalue weighted by Gasteiger charge is 2.44. The minimum Gasteiger partial charge on any atom is -0.486 e. The van der Waals surface area contributed by atoms with Crippen LogP contribution in [0.1, 0.15) is 51.1 Å². The third-order valence-electron chi connectivity index (χ3n) is 5.84. The summed E-state index contributed by atoms with van der Waals surface area (Å²) < 4.78 is 20.3. The molecule has 27 heavy (non-hydrogen) atoms. The fraction of sp³-hybridized carbons (Fsp3) is 0.364. The molecular weight excluding hydrogens is 345 g/mol. The third-order valence-corrected chi connectivity index (χ3v) is 5.84. The molecule has 2 aliphatic rings. The van der Waals surface area contributed by atoms with Crippen molar-refractivity contribution in [3.63, 3.8) is 0 Å². The molecule has 0 bridgehead atoms. The summed E-state index contributed by atoms with van der Waals surface area (Å²) in [7, 11) is 0. The molecule has 140 valence electrons. The highest BCUT2D eigenvalue weighted by atomic mass is 19.1. The number of amides is 1. The van der Waals surface area contributed by atoms with Gasteiger partial charge in [0.05, 0.1) is 17.5 Å². The van der Waals surface area contributed by atoms with Gasteiger partial charge in [-0.1, -0.05) is 18.2 Å². The first-order valence-corrected chi connectivity index (χ1v) is 9.26. The van der Waals surface area contributed by atoms with Crippen LogP contribution in [0.15, 0.2) is 36.4 Å². The Morgan fingerprint density at radius 1 is 1.11 bits per heavy atom. The number of hydrogen-bond donors (Lipinski definition) is 0. The van der Waals surface area contributed by atoms with Crippen LogP contribution in [0.25, 0.3) is 0 Å². The molecule has 4 rings (SSSR count). The average Bonchev–Trinajstić information content (AvgIpc) is 2.66. The van der Waals surface area contributed by atoms with Crippen LogP contribution in [-0.2, 0) is 0 Å².